The Balaban J connectivity index is 2.42. The van der Waals surface area contributed by atoms with Crippen LogP contribution in [0.25, 0.3) is 0 Å². The van der Waals surface area contributed by atoms with Crippen molar-refractivity contribution in [2.75, 3.05) is 5.43 Å². The first-order valence-corrected chi connectivity index (χ1v) is 6.27. The van der Waals surface area contributed by atoms with E-state index >= 15 is 0 Å². The second kappa shape index (κ2) is 6.15. The number of anilines is 1. The van der Waals surface area contributed by atoms with Gasteiger partial charge in [0.05, 0.1) is 0 Å². The molecule has 0 radical (unpaired) electrons. The van der Waals surface area contributed by atoms with Gasteiger partial charge in [-0.15, -0.1) is 0 Å². The van der Waals surface area contributed by atoms with E-state index in [0.717, 1.165) is 0 Å². The van der Waals surface area contributed by atoms with Crippen molar-refractivity contribution in [3.8, 4) is 17.7 Å². The molecule has 0 unspecified atom stereocenters. The molecule has 108 valence electrons. The van der Waals surface area contributed by atoms with Crippen molar-refractivity contribution < 1.29 is 9.13 Å². The molecule has 2 rings (SSSR count). The van der Waals surface area contributed by atoms with Crippen LogP contribution in [0.3, 0.4) is 0 Å². The van der Waals surface area contributed by atoms with E-state index in [1.54, 1.807) is 6.07 Å². The van der Waals surface area contributed by atoms with Crippen molar-refractivity contribution in [1.29, 1.82) is 5.26 Å². The molecule has 0 spiro atoms. The van der Waals surface area contributed by atoms with E-state index in [0.29, 0.717) is 11.6 Å². The summed E-state index contributed by atoms with van der Waals surface area (Å²) >= 11 is 0. The molecule has 3 N–H and O–H groups in total. The minimum atomic E-state index is -0.648. The van der Waals surface area contributed by atoms with Crippen LogP contribution in [0, 0.1) is 17.1 Å². The molecule has 0 aliphatic carbocycles. The number of benzene rings is 1. The summed E-state index contributed by atoms with van der Waals surface area (Å²) in [6, 6.07) is 7.38. The van der Waals surface area contributed by atoms with Crippen LogP contribution in [0.2, 0.25) is 0 Å². The first kappa shape index (κ1) is 14.7. The lowest BCUT2D eigenvalue weighted by Gasteiger charge is -2.11. The normalized spacial score (nSPS) is 10.3. The lowest BCUT2D eigenvalue weighted by molar-refractivity contribution is 0.451. The number of hydrazine groups is 1. The molecule has 21 heavy (non-hydrogen) atoms. The zero-order chi connectivity index (χ0) is 15.4. The van der Waals surface area contributed by atoms with Crippen LogP contribution in [0.4, 0.5) is 10.2 Å². The number of hydrogen-bond donors (Lipinski definition) is 2. The molecule has 0 saturated carbocycles. The molecule has 1 heterocycles. The summed E-state index contributed by atoms with van der Waals surface area (Å²) < 4.78 is 19.0. The van der Waals surface area contributed by atoms with Gasteiger partial charge in [-0.05, 0) is 12.1 Å². The Morgan fingerprint density at radius 1 is 1.38 bits per heavy atom. The molecular formula is C14H14FN5O. The van der Waals surface area contributed by atoms with Crippen molar-refractivity contribution >= 4 is 5.82 Å². The van der Waals surface area contributed by atoms with E-state index in [1.807, 2.05) is 13.8 Å². The van der Waals surface area contributed by atoms with Gasteiger partial charge in [-0.1, -0.05) is 19.9 Å². The summed E-state index contributed by atoms with van der Waals surface area (Å²) in [7, 11) is 0. The molecule has 1 aromatic heterocycles. The van der Waals surface area contributed by atoms with Crippen molar-refractivity contribution in [2.24, 2.45) is 5.84 Å². The lowest BCUT2D eigenvalue weighted by Crippen LogP contribution is -2.11. The largest absolute Gasteiger partial charge is 0.437 e. The molecule has 0 aliphatic rings. The number of aromatic nitrogens is 2. The van der Waals surface area contributed by atoms with Gasteiger partial charge in [-0.2, -0.15) is 10.2 Å². The average molecular weight is 287 g/mol. The summed E-state index contributed by atoms with van der Waals surface area (Å²) in [6.45, 7) is 3.84. The third-order valence-electron chi connectivity index (χ3n) is 2.69. The highest BCUT2D eigenvalue weighted by Gasteiger charge is 2.13. The molecule has 0 saturated heterocycles. The first-order valence-electron chi connectivity index (χ1n) is 6.27. The van der Waals surface area contributed by atoms with Gasteiger partial charge in [-0.3, -0.25) is 0 Å². The molecule has 6 nitrogen and oxygen atoms in total. The quantitative estimate of drug-likeness (QED) is 0.663. The van der Waals surface area contributed by atoms with Gasteiger partial charge < -0.3 is 10.2 Å². The monoisotopic (exact) mass is 287 g/mol. The van der Waals surface area contributed by atoms with Gasteiger partial charge in [0.25, 0.3) is 0 Å². The number of nitrogens with zero attached hydrogens (tertiary/aromatic N) is 3. The summed E-state index contributed by atoms with van der Waals surface area (Å²) in [5.74, 6) is 5.94. The maximum atomic E-state index is 13.5. The molecule has 0 amide bonds. The zero-order valence-corrected chi connectivity index (χ0v) is 11.6. The van der Waals surface area contributed by atoms with Crippen LogP contribution in [-0.4, -0.2) is 9.97 Å². The Morgan fingerprint density at radius 2 is 2.14 bits per heavy atom. The maximum absolute atomic E-state index is 13.5. The van der Waals surface area contributed by atoms with Crippen LogP contribution < -0.4 is 16.0 Å². The number of nitriles is 1. The minimum absolute atomic E-state index is 0.0589. The van der Waals surface area contributed by atoms with Gasteiger partial charge in [0.15, 0.2) is 0 Å². The molecule has 0 bridgehead atoms. The molecular weight excluding hydrogens is 273 g/mol. The Bertz CT molecular complexity index is 696. The maximum Gasteiger partial charge on any atom is 0.224 e. The smallest absolute Gasteiger partial charge is 0.224 e. The van der Waals surface area contributed by atoms with Crippen molar-refractivity contribution in [2.45, 2.75) is 19.8 Å². The third kappa shape index (κ3) is 3.24. The molecule has 2 aromatic rings. The summed E-state index contributed by atoms with van der Waals surface area (Å²) in [4.78, 5) is 8.41. The fourth-order valence-corrected chi connectivity index (χ4v) is 1.64. The number of rotatable bonds is 4. The molecule has 7 heteroatoms. The van der Waals surface area contributed by atoms with E-state index in [-0.39, 0.29) is 23.1 Å². The number of hydrogen-bond acceptors (Lipinski definition) is 6. The number of nitrogens with one attached hydrogen (secondary N) is 1. The topological polar surface area (TPSA) is 96.9 Å². The van der Waals surface area contributed by atoms with Crippen LogP contribution >= 0.6 is 0 Å². The highest BCUT2D eigenvalue weighted by molar-refractivity contribution is 5.46. The fraction of sp³-hybridized carbons (Fsp3) is 0.214. The predicted octanol–water partition coefficient (Wildman–Crippen LogP) is 2.69. The van der Waals surface area contributed by atoms with Gasteiger partial charge in [0, 0.05) is 12.0 Å². The van der Waals surface area contributed by atoms with Crippen molar-refractivity contribution in [1.82, 2.24) is 9.97 Å². The van der Waals surface area contributed by atoms with Crippen molar-refractivity contribution in [3.63, 3.8) is 0 Å². The van der Waals surface area contributed by atoms with E-state index < -0.39 is 5.82 Å². The van der Waals surface area contributed by atoms with Crippen LogP contribution in [0.5, 0.6) is 11.6 Å². The van der Waals surface area contributed by atoms with Crippen LogP contribution in [-0.2, 0) is 0 Å². The van der Waals surface area contributed by atoms with Crippen LogP contribution in [0.1, 0.15) is 31.2 Å². The Hall–Kier alpha value is -2.72. The summed E-state index contributed by atoms with van der Waals surface area (Å²) in [5, 5.41) is 8.99. The van der Waals surface area contributed by atoms with E-state index in [1.165, 1.54) is 24.3 Å². The van der Waals surface area contributed by atoms with Gasteiger partial charge in [-0.25, -0.2) is 15.2 Å². The standard InChI is InChI=1S/C14H14FN5O/c1-8(2)14-18-12(20-17)6-13(19-14)21-11-5-3-4-10(15)9(11)7-16/h3-6,8H,17H2,1-2H3,(H,18,19,20). The Kier molecular flexibility index (Phi) is 4.30. The first-order chi connectivity index (χ1) is 10.0. The highest BCUT2D eigenvalue weighted by Crippen LogP contribution is 2.27. The molecule has 0 atom stereocenters. The Morgan fingerprint density at radius 3 is 2.76 bits per heavy atom. The molecule has 0 aliphatic heterocycles. The van der Waals surface area contributed by atoms with Gasteiger partial charge in [0.2, 0.25) is 5.88 Å². The Labute approximate surface area is 121 Å². The fourth-order valence-electron chi connectivity index (χ4n) is 1.64. The molecule has 1 aromatic carbocycles. The average Bonchev–Trinajstić information content (AvgIpc) is 2.47. The van der Waals surface area contributed by atoms with E-state index in [9.17, 15) is 4.39 Å². The van der Waals surface area contributed by atoms with E-state index in [4.69, 9.17) is 15.8 Å². The molecule has 0 fully saturated rings. The second-order valence-corrected chi connectivity index (χ2v) is 4.58. The highest BCUT2D eigenvalue weighted by atomic mass is 19.1. The summed E-state index contributed by atoms with van der Waals surface area (Å²) in [5.41, 5.74) is 2.24. The predicted molar refractivity (Wildman–Crippen MR) is 75.1 cm³/mol. The minimum Gasteiger partial charge on any atom is -0.437 e. The lowest BCUT2D eigenvalue weighted by atomic mass is 10.2. The second-order valence-electron chi connectivity index (χ2n) is 4.58. The van der Waals surface area contributed by atoms with Crippen molar-refractivity contribution in [3.05, 3.63) is 41.5 Å². The van der Waals surface area contributed by atoms with Gasteiger partial charge in [0.1, 0.15) is 34.8 Å². The number of nitrogen functional groups attached to an aromatic ring is 1. The SMILES string of the molecule is CC(C)c1nc(NN)cc(Oc2cccc(F)c2C#N)n1. The van der Waals surface area contributed by atoms with E-state index in [2.05, 4.69) is 15.4 Å². The number of ether oxygens (including phenoxy) is 1. The van der Waals surface area contributed by atoms with Gasteiger partial charge >= 0.3 is 0 Å². The number of nitrogens with two attached hydrogens (primary N) is 1. The third-order valence-corrected chi connectivity index (χ3v) is 2.69. The van der Waals surface area contributed by atoms with Crippen LogP contribution in [0.15, 0.2) is 24.3 Å². The summed E-state index contributed by atoms with van der Waals surface area (Å²) in [6.07, 6.45) is 0. The number of halogens is 1. The zero-order valence-electron chi connectivity index (χ0n) is 11.6.